The molecule has 0 aliphatic heterocycles. The van der Waals surface area contributed by atoms with Crippen LogP contribution in [0.1, 0.15) is 47.2 Å². The Labute approximate surface area is 106 Å². The zero-order valence-electron chi connectivity index (χ0n) is 10.2. The second kappa shape index (κ2) is 5.65. The van der Waals surface area contributed by atoms with E-state index in [1.165, 1.54) is 4.88 Å². The highest BCUT2D eigenvalue weighted by Crippen LogP contribution is 2.20. The number of rotatable bonds is 3. The van der Waals surface area contributed by atoms with Crippen LogP contribution in [0.2, 0.25) is 0 Å². The van der Waals surface area contributed by atoms with Crippen LogP contribution in [0.3, 0.4) is 0 Å². The van der Waals surface area contributed by atoms with Gasteiger partial charge in [-0.1, -0.05) is 6.92 Å². The minimum atomic E-state index is 0.0789. The molecule has 1 saturated carbocycles. The lowest BCUT2D eigenvalue weighted by atomic mass is 9.92. The standard InChI is InChI=1S/C13H20N2OS/c1-2-11-7-8-12(17-11)13(16)15-10-5-3-9(14)4-6-10/h7-10H,2-6,14H2,1H3,(H,15,16). The van der Waals surface area contributed by atoms with Crippen LogP contribution < -0.4 is 11.1 Å². The van der Waals surface area contributed by atoms with Crippen molar-refractivity contribution in [1.82, 2.24) is 5.32 Å². The fourth-order valence-electron chi connectivity index (χ4n) is 2.21. The summed E-state index contributed by atoms with van der Waals surface area (Å²) in [5.41, 5.74) is 5.85. The smallest absolute Gasteiger partial charge is 0.261 e. The summed E-state index contributed by atoms with van der Waals surface area (Å²) in [5, 5.41) is 3.11. The van der Waals surface area contributed by atoms with Crippen molar-refractivity contribution in [1.29, 1.82) is 0 Å². The van der Waals surface area contributed by atoms with Gasteiger partial charge in [0.25, 0.3) is 5.91 Å². The van der Waals surface area contributed by atoms with Gasteiger partial charge in [0.15, 0.2) is 0 Å². The van der Waals surface area contributed by atoms with E-state index in [0.717, 1.165) is 37.0 Å². The van der Waals surface area contributed by atoms with Gasteiger partial charge in [0.1, 0.15) is 0 Å². The van der Waals surface area contributed by atoms with Gasteiger partial charge in [-0.15, -0.1) is 11.3 Å². The number of hydrogen-bond donors (Lipinski definition) is 2. The van der Waals surface area contributed by atoms with Gasteiger partial charge in [0.2, 0.25) is 0 Å². The van der Waals surface area contributed by atoms with E-state index in [2.05, 4.69) is 12.2 Å². The molecular formula is C13H20N2OS. The van der Waals surface area contributed by atoms with Crippen LogP contribution in [0, 0.1) is 0 Å². The van der Waals surface area contributed by atoms with Gasteiger partial charge in [-0.3, -0.25) is 4.79 Å². The van der Waals surface area contributed by atoms with Crippen molar-refractivity contribution in [2.24, 2.45) is 5.73 Å². The first-order valence-corrected chi connectivity index (χ1v) is 7.16. The second-order valence-electron chi connectivity index (χ2n) is 4.70. The van der Waals surface area contributed by atoms with E-state index in [9.17, 15) is 4.79 Å². The molecule has 1 aliphatic rings. The van der Waals surface area contributed by atoms with Crippen LogP contribution >= 0.6 is 11.3 Å². The summed E-state index contributed by atoms with van der Waals surface area (Å²) in [6, 6.07) is 4.61. The molecule has 1 aliphatic carbocycles. The number of carbonyl (C=O) groups is 1. The number of aryl methyl sites for hydroxylation is 1. The fourth-order valence-corrected chi connectivity index (χ4v) is 3.06. The monoisotopic (exact) mass is 252 g/mol. The molecule has 0 spiro atoms. The van der Waals surface area contributed by atoms with Gasteiger partial charge in [-0.2, -0.15) is 0 Å². The minimum absolute atomic E-state index is 0.0789. The van der Waals surface area contributed by atoms with E-state index in [1.54, 1.807) is 11.3 Å². The molecule has 0 unspecified atom stereocenters. The third-order valence-corrected chi connectivity index (χ3v) is 4.57. The summed E-state index contributed by atoms with van der Waals surface area (Å²) in [6.07, 6.45) is 5.07. The number of carbonyl (C=O) groups excluding carboxylic acids is 1. The van der Waals surface area contributed by atoms with E-state index >= 15 is 0 Å². The third-order valence-electron chi connectivity index (χ3n) is 3.34. The zero-order chi connectivity index (χ0) is 12.3. The van der Waals surface area contributed by atoms with E-state index in [0.29, 0.717) is 12.1 Å². The molecule has 1 amide bonds. The summed E-state index contributed by atoms with van der Waals surface area (Å²) < 4.78 is 0. The molecule has 1 aromatic rings. The van der Waals surface area contributed by atoms with E-state index in [4.69, 9.17) is 5.73 Å². The average molecular weight is 252 g/mol. The predicted molar refractivity (Wildman–Crippen MR) is 71.4 cm³/mol. The number of thiophene rings is 1. The van der Waals surface area contributed by atoms with Crippen LogP contribution in [0.15, 0.2) is 12.1 Å². The highest BCUT2D eigenvalue weighted by molar-refractivity contribution is 7.14. The molecule has 3 N–H and O–H groups in total. The van der Waals surface area contributed by atoms with Crippen molar-refractivity contribution in [3.63, 3.8) is 0 Å². The minimum Gasteiger partial charge on any atom is -0.349 e. The van der Waals surface area contributed by atoms with Crippen LogP contribution in [0.4, 0.5) is 0 Å². The fraction of sp³-hybridized carbons (Fsp3) is 0.615. The Bertz CT molecular complexity index is 381. The summed E-state index contributed by atoms with van der Waals surface area (Å²) in [7, 11) is 0. The highest BCUT2D eigenvalue weighted by atomic mass is 32.1. The Kier molecular flexibility index (Phi) is 4.18. The lowest BCUT2D eigenvalue weighted by Crippen LogP contribution is -2.40. The summed E-state index contributed by atoms with van der Waals surface area (Å²) in [5.74, 6) is 0.0789. The first-order valence-electron chi connectivity index (χ1n) is 6.34. The molecule has 2 rings (SSSR count). The first kappa shape index (κ1) is 12.6. The van der Waals surface area contributed by atoms with Crippen LogP contribution in [-0.4, -0.2) is 18.0 Å². The number of amides is 1. The van der Waals surface area contributed by atoms with Crippen molar-refractivity contribution in [3.05, 3.63) is 21.9 Å². The average Bonchev–Trinajstić information content (AvgIpc) is 2.81. The molecule has 1 aromatic heterocycles. The van der Waals surface area contributed by atoms with Crippen LogP contribution in [0.25, 0.3) is 0 Å². The molecule has 94 valence electrons. The van der Waals surface area contributed by atoms with Crippen molar-refractivity contribution in [2.45, 2.75) is 51.1 Å². The molecule has 17 heavy (non-hydrogen) atoms. The molecule has 0 bridgehead atoms. The maximum Gasteiger partial charge on any atom is 0.261 e. The normalized spacial score (nSPS) is 24.6. The van der Waals surface area contributed by atoms with Gasteiger partial charge < -0.3 is 11.1 Å². The van der Waals surface area contributed by atoms with E-state index < -0.39 is 0 Å². The van der Waals surface area contributed by atoms with Crippen molar-refractivity contribution >= 4 is 17.2 Å². The predicted octanol–water partition coefficient (Wildman–Crippen LogP) is 2.31. The van der Waals surface area contributed by atoms with Gasteiger partial charge in [0, 0.05) is 17.0 Å². The molecule has 4 heteroatoms. The first-order chi connectivity index (χ1) is 8.19. The molecule has 0 aromatic carbocycles. The summed E-state index contributed by atoms with van der Waals surface area (Å²) in [6.45, 7) is 2.11. The quantitative estimate of drug-likeness (QED) is 0.867. The zero-order valence-corrected chi connectivity index (χ0v) is 11.1. The summed E-state index contributed by atoms with van der Waals surface area (Å²) >= 11 is 1.59. The van der Waals surface area contributed by atoms with Gasteiger partial charge in [-0.25, -0.2) is 0 Å². The Hall–Kier alpha value is -0.870. The second-order valence-corrected chi connectivity index (χ2v) is 5.87. The van der Waals surface area contributed by atoms with Crippen LogP contribution in [-0.2, 0) is 6.42 Å². The van der Waals surface area contributed by atoms with Crippen molar-refractivity contribution in [2.75, 3.05) is 0 Å². The van der Waals surface area contributed by atoms with Crippen molar-refractivity contribution in [3.8, 4) is 0 Å². The molecule has 0 atom stereocenters. The largest absolute Gasteiger partial charge is 0.349 e. The van der Waals surface area contributed by atoms with E-state index in [-0.39, 0.29) is 5.91 Å². The van der Waals surface area contributed by atoms with Crippen LogP contribution in [0.5, 0.6) is 0 Å². The lowest BCUT2D eigenvalue weighted by Gasteiger charge is -2.26. The lowest BCUT2D eigenvalue weighted by molar-refractivity contribution is 0.0930. The molecular weight excluding hydrogens is 232 g/mol. The molecule has 1 fully saturated rings. The van der Waals surface area contributed by atoms with Gasteiger partial charge >= 0.3 is 0 Å². The Morgan fingerprint density at radius 1 is 1.41 bits per heavy atom. The third kappa shape index (κ3) is 3.30. The maximum absolute atomic E-state index is 12.0. The maximum atomic E-state index is 12.0. The van der Waals surface area contributed by atoms with Gasteiger partial charge in [0.05, 0.1) is 4.88 Å². The molecule has 1 heterocycles. The number of nitrogens with two attached hydrogens (primary N) is 1. The molecule has 0 saturated heterocycles. The van der Waals surface area contributed by atoms with Gasteiger partial charge in [-0.05, 0) is 44.2 Å². The summed E-state index contributed by atoms with van der Waals surface area (Å²) in [4.78, 5) is 14.1. The Morgan fingerprint density at radius 2 is 2.12 bits per heavy atom. The topological polar surface area (TPSA) is 55.1 Å². The molecule has 3 nitrogen and oxygen atoms in total. The Balaban J connectivity index is 1.88. The van der Waals surface area contributed by atoms with E-state index in [1.807, 2.05) is 12.1 Å². The highest BCUT2D eigenvalue weighted by Gasteiger charge is 2.20. The van der Waals surface area contributed by atoms with Crippen molar-refractivity contribution < 1.29 is 4.79 Å². The number of nitrogens with one attached hydrogen (secondary N) is 1. The number of hydrogen-bond acceptors (Lipinski definition) is 3. The molecule has 0 radical (unpaired) electrons. The SMILES string of the molecule is CCc1ccc(C(=O)NC2CCC(N)CC2)s1. The Morgan fingerprint density at radius 3 is 2.71 bits per heavy atom.